The Balaban J connectivity index is 2.31. The molecule has 0 bridgehead atoms. The Kier molecular flexibility index (Phi) is 6.29. The molecular formula is C12H13ClO4. The summed E-state index contributed by atoms with van der Waals surface area (Å²) in [6.07, 6.45) is 0. The van der Waals surface area contributed by atoms with Gasteiger partial charge in [-0.25, -0.2) is 4.79 Å². The number of ether oxygens (including phenoxy) is 2. The van der Waals surface area contributed by atoms with Crippen molar-refractivity contribution in [2.45, 2.75) is 0 Å². The van der Waals surface area contributed by atoms with Crippen LogP contribution in [0.4, 0.5) is 0 Å². The zero-order valence-electron chi connectivity index (χ0n) is 9.23. The summed E-state index contributed by atoms with van der Waals surface area (Å²) in [6, 6.07) is 8.26. The number of alkyl halides is 1. The lowest BCUT2D eigenvalue weighted by Gasteiger charge is -2.04. The number of rotatable bonds is 7. The van der Waals surface area contributed by atoms with Gasteiger partial charge in [-0.3, -0.25) is 4.79 Å². The molecular weight excluding hydrogens is 244 g/mol. The fourth-order valence-corrected chi connectivity index (χ4v) is 1.23. The van der Waals surface area contributed by atoms with Crippen LogP contribution in [-0.2, 0) is 14.3 Å². The predicted molar refractivity (Wildman–Crippen MR) is 63.3 cm³/mol. The summed E-state index contributed by atoms with van der Waals surface area (Å²) in [6.45, 7) is 0.681. The van der Waals surface area contributed by atoms with Gasteiger partial charge < -0.3 is 9.47 Å². The van der Waals surface area contributed by atoms with Gasteiger partial charge in [0, 0.05) is 11.4 Å². The van der Waals surface area contributed by atoms with Crippen LogP contribution in [0.2, 0.25) is 0 Å². The maximum absolute atomic E-state index is 11.5. The van der Waals surface area contributed by atoms with Crippen LogP contribution >= 0.6 is 11.6 Å². The lowest BCUT2D eigenvalue weighted by atomic mass is 10.1. The summed E-state index contributed by atoms with van der Waals surface area (Å²) in [4.78, 5) is 22.9. The third-order valence-electron chi connectivity index (χ3n) is 1.90. The number of esters is 1. The molecule has 1 aromatic carbocycles. The predicted octanol–water partition coefficient (Wildman–Crippen LogP) is 1.67. The molecule has 0 aliphatic carbocycles. The van der Waals surface area contributed by atoms with Gasteiger partial charge >= 0.3 is 5.97 Å². The maximum atomic E-state index is 11.5. The fourth-order valence-electron chi connectivity index (χ4n) is 1.12. The molecule has 0 unspecified atom stereocenters. The lowest BCUT2D eigenvalue weighted by Crippen LogP contribution is -2.20. The molecule has 17 heavy (non-hydrogen) atoms. The molecule has 0 radical (unpaired) electrons. The highest BCUT2D eigenvalue weighted by Crippen LogP contribution is 2.01. The van der Waals surface area contributed by atoms with Crippen LogP contribution in [0.1, 0.15) is 10.4 Å². The Morgan fingerprint density at radius 1 is 1.06 bits per heavy atom. The fraction of sp³-hybridized carbons (Fsp3) is 0.333. The number of carbonyl (C=O) groups excluding carboxylic acids is 2. The number of Topliss-reactive ketones (excluding diaryl/α,β-unsaturated/α-hetero) is 1. The van der Waals surface area contributed by atoms with E-state index in [0.717, 1.165) is 0 Å². The van der Waals surface area contributed by atoms with E-state index in [2.05, 4.69) is 0 Å². The Morgan fingerprint density at radius 3 is 2.41 bits per heavy atom. The van der Waals surface area contributed by atoms with E-state index in [9.17, 15) is 9.59 Å². The van der Waals surface area contributed by atoms with E-state index in [-0.39, 0.29) is 13.2 Å². The second kappa shape index (κ2) is 7.81. The highest BCUT2D eigenvalue weighted by atomic mass is 35.5. The van der Waals surface area contributed by atoms with Gasteiger partial charge in [0.15, 0.2) is 0 Å². The van der Waals surface area contributed by atoms with Crippen molar-refractivity contribution < 1.29 is 19.1 Å². The van der Waals surface area contributed by atoms with Crippen molar-refractivity contribution in [1.29, 1.82) is 0 Å². The second-order valence-corrected chi connectivity index (χ2v) is 3.51. The maximum Gasteiger partial charge on any atom is 0.379 e. The smallest absolute Gasteiger partial charge is 0.379 e. The first-order valence-electron chi connectivity index (χ1n) is 5.16. The number of ketones is 1. The van der Waals surface area contributed by atoms with E-state index in [1.54, 1.807) is 30.3 Å². The summed E-state index contributed by atoms with van der Waals surface area (Å²) < 4.78 is 9.75. The largest absolute Gasteiger partial charge is 0.457 e. The molecule has 0 spiro atoms. The zero-order chi connectivity index (χ0) is 12.5. The minimum atomic E-state index is -0.870. The molecule has 0 aromatic heterocycles. The Hall–Kier alpha value is -1.39. The summed E-state index contributed by atoms with van der Waals surface area (Å²) >= 11 is 5.39. The minimum Gasteiger partial charge on any atom is -0.457 e. The molecule has 0 fully saturated rings. The normalized spacial score (nSPS) is 9.94. The monoisotopic (exact) mass is 256 g/mol. The summed E-state index contributed by atoms with van der Waals surface area (Å²) in [7, 11) is 0. The molecule has 0 aliphatic heterocycles. The molecule has 0 heterocycles. The molecule has 92 valence electrons. The van der Waals surface area contributed by atoms with Gasteiger partial charge in [0.05, 0.1) is 13.2 Å². The van der Waals surface area contributed by atoms with Gasteiger partial charge in [-0.2, -0.15) is 0 Å². The second-order valence-electron chi connectivity index (χ2n) is 3.13. The number of hydrogen-bond acceptors (Lipinski definition) is 4. The molecule has 1 rings (SSSR count). The van der Waals surface area contributed by atoms with E-state index in [0.29, 0.717) is 18.1 Å². The van der Waals surface area contributed by atoms with E-state index in [1.165, 1.54) is 0 Å². The van der Waals surface area contributed by atoms with Crippen LogP contribution in [0, 0.1) is 0 Å². The summed E-state index contributed by atoms with van der Waals surface area (Å²) in [5, 5.41) is 0. The van der Waals surface area contributed by atoms with Crippen molar-refractivity contribution in [2.24, 2.45) is 0 Å². The number of halogens is 1. The van der Waals surface area contributed by atoms with Crippen LogP contribution in [0.25, 0.3) is 0 Å². The Labute approximate surface area is 104 Å². The van der Waals surface area contributed by atoms with Crippen LogP contribution < -0.4 is 0 Å². The van der Waals surface area contributed by atoms with Gasteiger partial charge in [-0.05, 0) is 0 Å². The van der Waals surface area contributed by atoms with Crippen LogP contribution in [-0.4, -0.2) is 37.5 Å². The van der Waals surface area contributed by atoms with Crippen molar-refractivity contribution in [3.05, 3.63) is 35.9 Å². The minimum absolute atomic E-state index is 0.0499. The van der Waals surface area contributed by atoms with Gasteiger partial charge in [-0.1, -0.05) is 30.3 Å². The first kappa shape index (κ1) is 13.7. The van der Waals surface area contributed by atoms with Crippen molar-refractivity contribution in [3.63, 3.8) is 0 Å². The third-order valence-corrected chi connectivity index (χ3v) is 2.06. The summed E-state index contributed by atoms with van der Waals surface area (Å²) in [5.41, 5.74) is 0.319. The quantitative estimate of drug-likeness (QED) is 0.245. The standard InChI is InChI=1S/C12H13ClO4/c13-6-7-16-8-9-17-12(15)11(14)10-4-2-1-3-5-10/h1-5H,6-9H2. The van der Waals surface area contributed by atoms with Gasteiger partial charge in [0.1, 0.15) is 6.61 Å². The van der Waals surface area contributed by atoms with Crippen molar-refractivity contribution in [2.75, 3.05) is 25.7 Å². The van der Waals surface area contributed by atoms with E-state index in [1.807, 2.05) is 0 Å². The number of hydrogen-bond donors (Lipinski definition) is 0. The number of carbonyl (C=O) groups is 2. The molecule has 4 nitrogen and oxygen atoms in total. The summed E-state index contributed by atoms with van der Waals surface area (Å²) in [5.74, 6) is -1.13. The number of benzene rings is 1. The Bertz CT molecular complexity index is 364. The van der Waals surface area contributed by atoms with Gasteiger partial charge in [-0.15, -0.1) is 11.6 Å². The molecule has 0 atom stereocenters. The SMILES string of the molecule is O=C(OCCOCCCl)C(=O)c1ccccc1. The van der Waals surface area contributed by atoms with Gasteiger partial charge in [0.25, 0.3) is 5.78 Å². The highest BCUT2D eigenvalue weighted by Gasteiger charge is 2.16. The lowest BCUT2D eigenvalue weighted by molar-refractivity contribution is -0.139. The van der Waals surface area contributed by atoms with Crippen molar-refractivity contribution in [3.8, 4) is 0 Å². The highest BCUT2D eigenvalue weighted by molar-refractivity contribution is 6.40. The van der Waals surface area contributed by atoms with Crippen LogP contribution in [0.5, 0.6) is 0 Å². The van der Waals surface area contributed by atoms with E-state index < -0.39 is 11.8 Å². The molecule has 5 heteroatoms. The third kappa shape index (κ3) is 4.97. The average molecular weight is 257 g/mol. The van der Waals surface area contributed by atoms with Crippen LogP contribution in [0.3, 0.4) is 0 Å². The first-order valence-corrected chi connectivity index (χ1v) is 5.69. The van der Waals surface area contributed by atoms with E-state index in [4.69, 9.17) is 21.1 Å². The molecule has 0 amide bonds. The average Bonchev–Trinajstić information content (AvgIpc) is 2.38. The molecule has 0 saturated heterocycles. The molecule has 0 N–H and O–H groups in total. The molecule has 0 aliphatic rings. The molecule has 1 aromatic rings. The first-order chi connectivity index (χ1) is 8.25. The van der Waals surface area contributed by atoms with E-state index >= 15 is 0 Å². The topological polar surface area (TPSA) is 52.6 Å². The zero-order valence-corrected chi connectivity index (χ0v) is 9.98. The van der Waals surface area contributed by atoms with Crippen molar-refractivity contribution >= 4 is 23.4 Å². The van der Waals surface area contributed by atoms with Gasteiger partial charge in [0.2, 0.25) is 0 Å². The molecule has 0 saturated carbocycles. The van der Waals surface area contributed by atoms with Crippen molar-refractivity contribution in [1.82, 2.24) is 0 Å². The Morgan fingerprint density at radius 2 is 1.76 bits per heavy atom. The van der Waals surface area contributed by atoms with Crippen LogP contribution in [0.15, 0.2) is 30.3 Å².